The van der Waals surface area contributed by atoms with Gasteiger partial charge in [-0.3, -0.25) is 0 Å². The SMILES string of the molecule is Cc1cc(C(C)(C)C)ccc1Cc1ccc(CN)o1. The second-order valence-electron chi connectivity index (χ2n) is 6.14. The maximum absolute atomic E-state index is 5.66. The number of rotatable bonds is 3. The molecule has 1 aromatic heterocycles. The molecule has 0 radical (unpaired) electrons. The van der Waals surface area contributed by atoms with Crippen LogP contribution in [0.5, 0.6) is 0 Å². The Morgan fingerprint density at radius 1 is 1.05 bits per heavy atom. The maximum Gasteiger partial charge on any atom is 0.117 e. The van der Waals surface area contributed by atoms with Crippen molar-refractivity contribution in [2.24, 2.45) is 5.73 Å². The highest BCUT2D eigenvalue weighted by Crippen LogP contribution is 2.25. The van der Waals surface area contributed by atoms with E-state index in [0.717, 1.165) is 17.9 Å². The molecule has 0 aliphatic rings. The van der Waals surface area contributed by atoms with Crippen LogP contribution in [0.15, 0.2) is 34.7 Å². The molecule has 0 atom stereocenters. The van der Waals surface area contributed by atoms with E-state index in [9.17, 15) is 0 Å². The zero-order valence-corrected chi connectivity index (χ0v) is 12.3. The van der Waals surface area contributed by atoms with Crippen LogP contribution in [0.25, 0.3) is 0 Å². The molecule has 1 heterocycles. The fraction of sp³-hybridized carbons (Fsp3) is 0.412. The summed E-state index contributed by atoms with van der Waals surface area (Å²) in [5.74, 6) is 1.83. The molecule has 0 amide bonds. The summed E-state index contributed by atoms with van der Waals surface area (Å²) in [6, 6.07) is 10.7. The lowest BCUT2D eigenvalue weighted by molar-refractivity contribution is 0.475. The predicted molar refractivity (Wildman–Crippen MR) is 79.3 cm³/mol. The van der Waals surface area contributed by atoms with Gasteiger partial charge in [0.15, 0.2) is 0 Å². The van der Waals surface area contributed by atoms with Gasteiger partial charge >= 0.3 is 0 Å². The topological polar surface area (TPSA) is 39.2 Å². The molecule has 0 spiro atoms. The van der Waals surface area contributed by atoms with E-state index in [1.807, 2.05) is 12.1 Å². The minimum absolute atomic E-state index is 0.195. The Bertz CT molecular complexity index is 561. The molecular weight excluding hydrogens is 234 g/mol. The van der Waals surface area contributed by atoms with Crippen LogP contribution < -0.4 is 5.73 Å². The summed E-state index contributed by atoms with van der Waals surface area (Å²) in [5, 5.41) is 0. The van der Waals surface area contributed by atoms with Gasteiger partial charge in [-0.1, -0.05) is 39.0 Å². The third-order valence-electron chi connectivity index (χ3n) is 3.49. The van der Waals surface area contributed by atoms with Gasteiger partial charge < -0.3 is 10.2 Å². The van der Waals surface area contributed by atoms with Crippen LogP contribution in [0.2, 0.25) is 0 Å². The van der Waals surface area contributed by atoms with Crippen molar-refractivity contribution in [3.05, 3.63) is 58.5 Å². The van der Waals surface area contributed by atoms with E-state index in [4.69, 9.17) is 10.2 Å². The first-order valence-electron chi connectivity index (χ1n) is 6.78. The molecule has 0 bridgehead atoms. The van der Waals surface area contributed by atoms with Crippen molar-refractivity contribution < 1.29 is 4.42 Å². The van der Waals surface area contributed by atoms with E-state index < -0.39 is 0 Å². The monoisotopic (exact) mass is 257 g/mol. The van der Waals surface area contributed by atoms with Crippen molar-refractivity contribution in [2.75, 3.05) is 0 Å². The average Bonchev–Trinajstić information content (AvgIpc) is 2.78. The van der Waals surface area contributed by atoms with E-state index in [1.165, 1.54) is 16.7 Å². The van der Waals surface area contributed by atoms with Crippen LogP contribution in [0.3, 0.4) is 0 Å². The van der Waals surface area contributed by atoms with Crippen LogP contribution in [0.1, 0.15) is 49.0 Å². The van der Waals surface area contributed by atoms with Gasteiger partial charge in [0, 0.05) is 6.42 Å². The quantitative estimate of drug-likeness (QED) is 0.904. The van der Waals surface area contributed by atoms with Crippen molar-refractivity contribution in [3.8, 4) is 0 Å². The lowest BCUT2D eigenvalue weighted by atomic mass is 9.85. The van der Waals surface area contributed by atoms with Gasteiger partial charge in [0.2, 0.25) is 0 Å². The van der Waals surface area contributed by atoms with Crippen molar-refractivity contribution in [1.82, 2.24) is 0 Å². The summed E-state index contributed by atoms with van der Waals surface area (Å²) in [6.45, 7) is 9.34. The van der Waals surface area contributed by atoms with Gasteiger partial charge in [-0.2, -0.15) is 0 Å². The van der Waals surface area contributed by atoms with Gasteiger partial charge in [-0.15, -0.1) is 0 Å². The Balaban J connectivity index is 2.22. The van der Waals surface area contributed by atoms with Crippen LogP contribution in [-0.2, 0) is 18.4 Å². The molecule has 0 aliphatic heterocycles. The molecule has 2 rings (SSSR count). The standard InChI is InChI=1S/C17H23NO/c1-12-9-14(17(2,3)4)6-5-13(12)10-15-7-8-16(11-18)19-15/h5-9H,10-11,18H2,1-4H3. The van der Waals surface area contributed by atoms with Gasteiger partial charge in [0.25, 0.3) is 0 Å². The fourth-order valence-electron chi connectivity index (χ4n) is 2.18. The summed E-state index contributed by atoms with van der Waals surface area (Å²) < 4.78 is 5.66. The highest BCUT2D eigenvalue weighted by atomic mass is 16.3. The molecular formula is C17H23NO. The van der Waals surface area contributed by atoms with Gasteiger partial charge in [-0.25, -0.2) is 0 Å². The third kappa shape index (κ3) is 3.27. The van der Waals surface area contributed by atoms with E-state index >= 15 is 0 Å². The Morgan fingerprint density at radius 3 is 2.26 bits per heavy atom. The molecule has 1 aromatic carbocycles. The number of hydrogen-bond acceptors (Lipinski definition) is 2. The zero-order chi connectivity index (χ0) is 14.0. The molecule has 0 unspecified atom stereocenters. The second-order valence-corrected chi connectivity index (χ2v) is 6.14. The Kier molecular flexibility index (Phi) is 3.81. The minimum atomic E-state index is 0.195. The van der Waals surface area contributed by atoms with Crippen molar-refractivity contribution in [1.29, 1.82) is 0 Å². The minimum Gasteiger partial charge on any atom is -0.464 e. The Hall–Kier alpha value is -1.54. The molecule has 19 heavy (non-hydrogen) atoms. The zero-order valence-electron chi connectivity index (χ0n) is 12.3. The summed E-state index contributed by atoms with van der Waals surface area (Å²) in [4.78, 5) is 0. The molecule has 0 aliphatic carbocycles. The maximum atomic E-state index is 5.66. The molecule has 0 saturated carbocycles. The summed E-state index contributed by atoms with van der Waals surface area (Å²) in [7, 11) is 0. The highest BCUT2D eigenvalue weighted by Gasteiger charge is 2.14. The molecule has 0 saturated heterocycles. The third-order valence-corrected chi connectivity index (χ3v) is 3.49. The molecule has 0 fully saturated rings. The van der Waals surface area contributed by atoms with Gasteiger partial charge in [0.05, 0.1) is 6.54 Å². The van der Waals surface area contributed by atoms with Crippen LogP contribution in [0, 0.1) is 6.92 Å². The summed E-state index contributed by atoms with van der Waals surface area (Å²) in [6.07, 6.45) is 0.830. The molecule has 2 nitrogen and oxygen atoms in total. The van der Waals surface area contributed by atoms with Crippen molar-refractivity contribution >= 4 is 0 Å². The number of furan rings is 1. The summed E-state index contributed by atoms with van der Waals surface area (Å²) in [5.41, 5.74) is 9.76. The lowest BCUT2D eigenvalue weighted by Gasteiger charge is -2.20. The lowest BCUT2D eigenvalue weighted by Crippen LogP contribution is -2.11. The van der Waals surface area contributed by atoms with E-state index in [-0.39, 0.29) is 5.41 Å². The second kappa shape index (κ2) is 5.22. The largest absolute Gasteiger partial charge is 0.464 e. The number of benzene rings is 1. The van der Waals surface area contributed by atoms with Crippen LogP contribution in [0.4, 0.5) is 0 Å². The highest BCUT2D eigenvalue weighted by molar-refractivity contribution is 5.36. The van der Waals surface area contributed by atoms with E-state index in [1.54, 1.807) is 0 Å². The predicted octanol–water partition coefficient (Wildman–Crippen LogP) is 3.94. The number of nitrogens with two attached hydrogens (primary N) is 1. The van der Waals surface area contributed by atoms with Crippen molar-refractivity contribution in [3.63, 3.8) is 0 Å². The van der Waals surface area contributed by atoms with E-state index in [2.05, 4.69) is 45.9 Å². The smallest absolute Gasteiger partial charge is 0.117 e. The van der Waals surface area contributed by atoms with Gasteiger partial charge in [-0.05, 0) is 41.2 Å². The van der Waals surface area contributed by atoms with E-state index in [0.29, 0.717) is 6.54 Å². The first-order valence-corrected chi connectivity index (χ1v) is 6.78. The Morgan fingerprint density at radius 2 is 1.74 bits per heavy atom. The first kappa shape index (κ1) is 13.9. The molecule has 2 N–H and O–H groups in total. The number of hydrogen-bond donors (Lipinski definition) is 1. The van der Waals surface area contributed by atoms with Crippen LogP contribution in [-0.4, -0.2) is 0 Å². The average molecular weight is 257 g/mol. The summed E-state index contributed by atoms with van der Waals surface area (Å²) >= 11 is 0. The molecule has 102 valence electrons. The fourth-order valence-corrected chi connectivity index (χ4v) is 2.18. The van der Waals surface area contributed by atoms with Gasteiger partial charge in [0.1, 0.15) is 11.5 Å². The normalized spacial score (nSPS) is 11.8. The van der Waals surface area contributed by atoms with Crippen molar-refractivity contribution in [2.45, 2.75) is 46.1 Å². The Labute approximate surface area is 115 Å². The number of aryl methyl sites for hydroxylation is 1. The molecule has 2 aromatic rings. The molecule has 2 heteroatoms. The van der Waals surface area contributed by atoms with Crippen LogP contribution >= 0.6 is 0 Å². The first-order chi connectivity index (χ1) is 8.90.